The summed E-state index contributed by atoms with van der Waals surface area (Å²) in [5.74, 6) is 0.920. The third kappa shape index (κ3) is 1.61. The van der Waals surface area contributed by atoms with Crippen LogP contribution in [0.25, 0.3) is 21.8 Å². The maximum Gasteiger partial charge on any atom is 0.131 e. The average molecular weight is 237 g/mol. The number of ether oxygens (including phenoxy) is 1. The fourth-order valence-corrected chi connectivity index (χ4v) is 2.38. The minimum atomic E-state index is 0.920. The number of aryl methyl sites for hydroxylation is 2. The average Bonchev–Trinajstić information content (AvgIpc) is 2.36. The van der Waals surface area contributed by atoms with Crippen molar-refractivity contribution < 1.29 is 4.74 Å². The Kier molecular flexibility index (Phi) is 2.44. The normalized spacial score (nSPS) is 11.1. The molecule has 2 aromatic carbocycles. The second kappa shape index (κ2) is 3.98. The topological polar surface area (TPSA) is 22.1 Å². The number of fused-ring (bicyclic) bond motifs is 2. The summed E-state index contributed by atoms with van der Waals surface area (Å²) in [4.78, 5) is 4.69. The Bertz CT molecular complexity index is 747. The molecule has 0 saturated carbocycles. The van der Waals surface area contributed by atoms with E-state index in [4.69, 9.17) is 4.74 Å². The van der Waals surface area contributed by atoms with Crippen LogP contribution in [0.15, 0.2) is 36.4 Å². The van der Waals surface area contributed by atoms with E-state index in [0.29, 0.717) is 0 Å². The highest BCUT2D eigenvalue weighted by Gasteiger charge is 2.07. The molecule has 0 aliphatic heterocycles. The van der Waals surface area contributed by atoms with Crippen LogP contribution in [-0.2, 0) is 0 Å². The highest BCUT2D eigenvalue weighted by Crippen LogP contribution is 2.30. The zero-order valence-electron chi connectivity index (χ0n) is 10.8. The molecule has 0 bridgehead atoms. The minimum absolute atomic E-state index is 0.920. The number of rotatable bonds is 1. The van der Waals surface area contributed by atoms with Gasteiger partial charge in [-0.2, -0.15) is 0 Å². The van der Waals surface area contributed by atoms with Gasteiger partial charge >= 0.3 is 0 Å². The fraction of sp³-hybridized carbons (Fsp3) is 0.188. The molecule has 0 aliphatic carbocycles. The van der Waals surface area contributed by atoms with Crippen molar-refractivity contribution in [1.29, 1.82) is 0 Å². The van der Waals surface area contributed by atoms with Crippen LogP contribution in [0.1, 0.15) is 11.1 Å². The molecule has 3 aromatic rings. The summed E-state index contributed by atoms with van der Waals surface area (Å²) < 4.78 is 5.50. The van der Waals surface area contributed by atoms with Gasteiger partial charge in [-0.3, -0.25) is 0 Å². The first-order valence-electron chi connectivity index (χ1n) is 6.04. The van der Waals surface area contributed by atoms with Crippen LogP contribution < -0.4 is 4.74 Å². The zero-order valence-corrected chi connectivity index (χ0v) is 10.8. The second-order valence-electron chi connectivity index (χ2n) is 4.67. The Hall–Kier alpha value is -2.09. The van der Waals surface area contributed by atoms with E-state index in [9.17, 15) is 0 Å². The van der Waals surface area contributed by atoms with Gasteiger partial charge in [0.1, 0.15) is 5.75 Å². The van der Waals surface area contributed by atoms with Crippen molar-refractivity contribution in [2.24, 2.45) is 0 Å². The van der Waals surface area contributed by atoms with Crippen LogP contribution in [0.5, 0.6) is 5.75 Å². The summed E-state index contributed by atoms with van der Waals surface area (Å²) in [5, 5.41) is 2.24. The smallest absolute Gasteiger partial charge is 0.131 e. The molecule has 0 amide bonds. The van der Waals surface area contributed by atoms with Gasteiger partial charge in [0.15, 0.2) is 0 Å². The molecule has 0 spiro atoms. The lowest BCUT2D eigenvalue weighted by molar-refractivity contribution is 0.417. The molecule has 0 unspecified atom stereocenters. The second-order valence-corrected chi connectivity index (χ2v) is 4.67. The molecule has 0 atom stereocenters. The predicted molar refractivity (Wildman–Crippen MR) is 75.3 cm³/mol. The van der Waals surface area contributed by atoms with Crippen molar-refractivity contribution in [2.45, 2.75) is 13.8 Å². The fourth-order valence-electron chi connectivity index (χ4n) is 2.38. The molecule has 1 heterocycles. The minimum Gasteiger partial charge on any atom is -0.496 e. The van der Waals surface area contributed by atoms with Crippen LogP contribution in [0.4, 0.5) is 0 Å². The molecule has 2 heteroatoms. The van der Waals surface area contributed by atoms with Crippen molar-refractivity contribution in [1.82, 2.24) is 4.98 Å². The van der Waals surface area contributed by atoms with E-state index in [-0.39, 0.29) is 0 Å². The van der Waals surface area contributed by atoms with Gasteiger partial charge in [0, 0.05) is 10.8 Å². The van der Waals surface area contributed by atoms with Crippen LogP contribution >= 0.6 is 0 Å². The number of benzene rings is 2. The summed E-state index contributed by atoms with van der Waals surface area (Å²) >= 11 is 0. The summed E-state index contributed by atoms with van der Waals surface area (Å²) in [6.45, 7) is 4.15. The Morgan fingerprint density at radius 3 is 2.50 bits per heavy atom. The van der Waals surface area contributed by atoms with Crippen molar-refractivity contribution >= 4 is 21.8 Å². The predicted octanol–water partition coefficient (Wildman–Crippen LogP) is 4.01. The van der Waals surface area contributed by atoms with Crippen LogP contribution in [0, 0.1) is 13.8 Å². The molecule has 90 valence electrons. The third-order valence-electron chi connectivity index (χ3n) is 3.30. The van der Waals surface area contributed by atoms with E-state index in [0.717, 1.165) is 33.1 Å². The molecule has 0 saturated heterocycles. The SMILES string of the molecule is COc1c(C)ccc2nc3ccc(C)cc3cc12. The van der Waals surface area contributed by atoms with Gasteiger partial charge in [0.2, 0.25) is 0 Å². The number of hydrogen-bond acceptors (Lipinski definition) is 2. The quantitative estimate of drug-likeness (QED) is 0.596. The van der Waals surface area contributed by atoms with E-state index >= 15 is 0 Å². The third-order valence-corrected chi connectivity index (χ3v) is 3.30. The molecular weight excluding hydrogens is 222 g/mol. The summed E-state index contributed by atoms with van der Waals surface area (Å²) in [6.07, 6.45) is 0. The Morgan fingerprint density at radius 1 is 0.944 bits per heavy atom. The van der Waals surface area contributed by atoms with E-state index in [1.54, 1.807) is 7.11 Å². The zero-order chi connectivity index (χ0) is 12.7. The number of pyridine rings is 1. The lowest BCUT2D eigenvalue weighted by Crippen LogP contribution is -1.91. The van der Waals surface area contributed by atoms with Crippen molar-refractivity contribution in [3.8, 4) is 5.75 Å². The Balaban J connectivity index is 2.45. The number of nitrogens with zero attached hydrogens (tertiary/aromatic N) is 1. The van der Waals surface area contributed by atoms with Crippen molar-refractivity contribution in [3.05, 3.63) is 47.5 Å². The maximum absolute atomic E-state index is 5.50. The first-order chi connectivity index (χ1) is 8.69. The van der Waals surface area contributed by atoms with E-state index in [1.165, 1.54) is 5.56 Å². The van der Waals surface area contributed by atoms with Gasteiger partial charge in [-0.05, 0) is 43.7 Å². The van der Waals surface area contributed by atoms with Gasteiger partial charge in [-0.15, -0.1) is 0 Å². The van der Waals surface area contributed by atoms with Crippen molar-refractivity contribution in [3.63, 3.8) is 0 Å². The van der Waals surface area contributed by atoms with Gasteiger partial charge < -0.3 is 4.74 Å². The Morgan fingerprint density at radius 2 is 1.72 bits per heavy atom. The molecule has 1 aromatic heterocycles. The summed E-state index contributed by atoms with van der Waals surface area (Å²) in [5.41, 5.74) is 4.39. The van der Waals surface area contributed by atoms with Gasteiger partial charge in [-0.1, -0.05) is 17.7 Å². The molecule has 18 heavy (non-hydrogen) atoms. The van der Waals surface area contributed by atoms with E-state index in [2.05, 4.69) is 43.1 Å². The molecule has 0 radical (unpaired) electrons. The highest BCUT2D eigenvalue weighted by molar-refractivity contribution is 5.96. The molecule has 0 N–H and O–H groups in total. The van der Waals surface area contributed by atoms with Crippen molar-refractivity contribution in [2.75, 3.05) is 7.11 Å². The van der Waals surface area contributed by atoms with E-state index in [1.807, 2.05) is 12.1 Å². The van der Waals surface area contributed by atoms with Gasteiger partial charge in [-0.25, -0.2) is 4.98 Å². The molecule has 0 aliphatic rings. The van der Waals surface area contributed by atoms with E-state index < -0.39 is 0 Å². The summed E-state index contributed by atoms with van der Waals surface area (Å²) in [6, 6.07) is 12.6. The number of hydrogen-bond donors (Lipinski definition) is 0. The van der Waals surface area contributed by atoms with Crippen LogP contribution in [0.2, 0.25) is 0 Å². The standard InChI is InChI=1S/C16H15NO/c1-10-4-6-14-12(8-10)9-13-15(17-14)7-5-11(2)16(13)18-3/h4-9H,1-3H3. The molecule has 2 nitrogen and oxygen atoms in total. The number of methoxy groups -OCH3 is 1. The largest absolute Gasteiger partial charge is 0.496 e. The maximum atomic E-state index is 5.50. The monoisotopic (exact) mass is 237 g/mol. The molecular formula is C16H15NO. The lowest BCUT2D eigenvalue weighted by atomic mass is 10.1. The van der Waals surface area contributed by atoms with Crippen LogP contribution in [-0.4, -0.2) is 12.1 Å². The first-order valence-corrected chi connectivity index (χ1v) is 6.04. The number of aromatic nitrogens is 1. The molecule has 3 rings (SSSR count). The lowest BCUT2D eigenvalue weighted by Gasteiger charge is -2.09. The molecule has 0 fully saturated rings. The van der Waals surface area contributed by atoms with Gasteiger partial charge in [0.05, 0.1) is 18.1 Å². The highest BCUT2D eigenvalue weighted by atomic mass is 16.5. The Labute approximate surface area is 106 Å². The van der Waals surface area contributed by atoms with Gasteiger partial charge in [0.25, 0.3) is 0 Å². The summed E-state index contributed by atoms with van der Waals surface area (Å²) in [7, 11) is 1.71. The van der Waals surface area contributed by atoms with Crippen LogP contribution in [0.3, 0.4) is 0 Å². The first kappa shape index (κ1) is 11.0.